The summed E-state index contributed by atoms with van der Waals surface area (Å²) in [5.74, 6) is 0.655. The van der Waals surface area contributed by atoms with Crippen molar-refractivity contribution in [2.24, 2.45) is 5.73 Å². The molecule has 0 bridgehead atoms. The number of methoxy groups -OCH3 is 1. The van der Waals surface area contributed by atoms with E-state index < -0.39 is 6.04 Å². The van der Waals surface area contributed by atoms with Crippen molar-refractivity contribution >= 4 is 11.6 Å². The molecule has 0 spiro atoms. The maximum atomic E-state index is 11.9. The van der Waals surface area contributed by atoms with Gasteiger partial charge in [-0.1, -0.05) is 19.4 Å². The van der Waals surface area contributed by atoms with Crippen LogP contribution in [0.3, 0.4) is 0 Å². The van der Waals surface area contributed by atoms with Gasteiger partial charge in [0.2, 0.25) is 5.91 Å². The van der Waals surface area contributed by atoms with Crippen molar-refractivity contribution in [1.29, 1.82) is 0 Å². The van der Waals surface area contributed by atoms with E-state index in [9.17, 15) is 4.79 Å². The standard InChI is InChI=1S/C14H22N2O2/c1-5-6-11(15)14(17)16-12-8-7-9(2)13(18-4)10(12)3/h7-8,11H,5-6,15H2,1-4H3,(H,16,17). The van der Waals surface area contributed by atoms with E-state index in [4.69, 9.17) is 10.5 Å². The molecule has 0 radical (unpaired) electrons. The lowest BCUT2D eigenvalue weighted by Gasteiger charge is -2.16. The number of amides is 1. The minimum Gasteiger partial charge on any atom is -0.496 e. The van der Waals surface area contributed by atoms with Crippen LogP contribution in [0.25, 0.3) is 0 Å². The van der Waals surface area contributed by atoms with Crippen molar-refractivity contribution in [3.05, 3.63) is 23.3 Å². The topological polar surface area (TPSA) is 64.4 Å². The van der Waals surface area contributed by atoms with Crippen LogP contribution in [0, 0.1) is 13.8 Å². The molecule has 0 saturated heterocycles. The van der Waals surface area contributed by atoms with Gasteiger partial charge in [-0.15, -0.1) is 0 Å². The van der Waals surface area contributed by atoms with Crippen LogP contribution in [-0.4, -0.2) is 19.1 Å². The molecule has 0 aliphatic carbocycles. The summed E-state index contributed by atoms with van der Waals surface area (Å²) in [4.78, 5) is 11.9. The number of aryl methyl sites for hydroxylation is 1. The number of anilines is 1. The molecule has 1 unspecified atom stereocenters. The summed E-state index contributed by atoms with van der Waals surface area (Å²) in [6.45, 7) is 5.90. The summed E-state index contributed by atoms with van der Waals surface area (Å²) < 4.78 is 5.32. The van der Waals surface area contributed by atoms with E-state index in [0.29, 0.717) is 6.42 Å². The highest BCUT2D eigenvalue weighted by molar-refractivity contribution is 5.95. The first-order valence-electron chi connectivity index (χ1n) is 6.21. The van der Waals surface area contributed by atoms with Crippen LogP contribution in [0.2, 0.25) is 0 Å². The van der Waals surface area contributed by atoms with Gasteiger partial charge >= 0.3 is 0 Å². The molecule has 4 nitrogen and oxygen atoms in total. The number of nitrogens with one attached hydrogen (secondary N) is 1. The molecule has 100 valence electrons. The average molecular weight is 250 g/mol. The Labute approximate surface area is 109 Å². The fourth-order valence-corrected chi connectivity index (χ4v) is 1.94. The van der Waals surface area contributed by atoms with E-state index in [1.54, 1.807) is 7.11 Å². The normalized spacial score (nSPS) is 12.1. The fraction of sp³-hybridized carbons (Fsp3) is 0.500. The van der Waals surface area contributed by atoms with Crippen LogP contribution in [0.1, 0.15) is 30.9 Å². The lowest BCUT2D eigenvalue weighted by Crippen LogP contribution is -2.35. The highest BCUT2D eigenvalue weighted by Crippen LogP contribution is 2.29. The molecule has 4 heteroatoms. The van der Waals surface area contributed by atoms with Gasteiger partial charge in [0, 0.05) is 11.3 Å². The molecule has 0 heterocycles. The summed E-state index contributed by atoms with van der Waals surface area (Å²) in [5.41, 5.74) is 8.51. The fourth-order valence-electron chi connectivity index (χ4n) is 1.94. The highest BCUT2D eigenvalue weighted by atomic mass is 16.5. The van der Waals surface area contributed by atoms with Crippen LogP contribution in [0.15, 0.2) is 12.1 Å². The number of carbonyl (C=O) groups excluding carboxylic acids is 1. The Kier molecular flexibility index (Phi) is 5.16. The third kappa shape index (κ3) is 3.23. The van der Waals surface area contributed by atoms with Crippen molar-refractivity contribution in [1.82, 2.24) is 0 Å². The molecule has 0 aliphatic rings. The monoisotopic (exact) mass is 250 g/mol. The largest absolute Gasteiger partial charge is 0.496 e. The minimum absolute atomic E-state index is 0.147. The van der Waals surface area contributed by atoms with Crippen LogP contribution in [0.4, 0.5) is 5.69 Å². The highest BCUT2D eigenvalue weighted by Gasteiger charge is 2.15. The molecule has 0 aliphatic heterocycles. The number of hydrogen-bond acceptors (Lipinski definition) is 3. The minimum atomic E-state index is -0.457. The summed E-state index contributed by atoms with van der Waals surface area (Å²) in [5, 5.41) is 2.85. The van der Waals surface area contributed by atoms with Crippen LogP contribution >= 0.6 is 0 Å². The van der Waals surface area contributed by atoms with Gasteiger partial charge in [0.05, 0.1) is 13.2 Å². The first-order valence-corrected chi connectivity index (χ1v) is 6.21. The predicted octanol–water partition coefficient (Wildman–Crippen LogP) is 2.38. The molecule has 1 atom stereocenters. The number of nitrogens with two attached hydrogens (primary N) is 1. The van der Waals surface area contributed by atoms with Crippen molar-refractivity contribution < 1.29 is 9.53 Å². The zero-order chi connectivity index (χ0) is 13.7. The SMILES string of the molecule is CCCC(N)C(=O)Nc1ccc(C)c(OC)c1C. The Morgan fingerprint density at radius 1 is 1.44 bits per heavy atom. The molecule has 0 saturated carbocycles. The second-order valence-electron chi connectivity index (χ2n) is 4.47. The van der Waals surface area contributed by atoms with E-state index in [1.165, 1.54) is 0 Å². The Morgan fingerprint density at radius 2 is 2.11 bits per heavy atom. The van der Waals surface area contributed by atoms with Gasteiger partial charge in [-0.2, -0.15) is 0 Å². The van der Waals surface area contributed by atoms with Crippen molar-refractivity contribution in [3.8, 4) is 5.75 Å². The van der Waals surface area contributed by atoms with E-state index >= 15 is 0 Å². The molecule has 0 aromatic heterocycles. The zero-order valence-corrected chi connectivity index (χ0v) is 11.5. The second kappa shape index (κ2) is 6.40. The summed E-state index contributed by atoms with van der Waals surface area (Å²) >= 11 is 0. The van der Waals surface area contributed by atoms with Gasteiger partial charge in [0.1, 0.15) is 5.75 Å². The molecule has 0 fully saturated rings. The summed E-state index contributed by atoms with van der Waals surface area (Å²) in [6.07, 6.45) is 1.58. The first-order chi connectivity index (χ1) is 8.51. The Morgan fingerprint density at radius 3 is 2.67 bits per heavy atom. The maximum Gasteiger partial charge on any atom is 0.241 e. The van der Waals surface area contributed by atoms with Crippen molar-refractivity contribution in [2.45, 2.75) is 39.7 Å². The van der Waals surface area contributed by atoms with E-state index in [-0.39, 0.29) is 5.91 Å². The average Bonchev–Trinajstić information content (AvgIpc) is 2.33. The lowest BCUT2D eigenvalue weighted by atomic mass is 10.1. The molecule has 1 amide bonds. The molecular weight excluding hydrogens is 228 g/mol. The molecular formula is C14H22N2O2. The van der Waals surface area contributed by atoms with Crippen molar-refractivity contribution in [2.75, 3.05) is 12.4 Å². The predicted molar refractivity (Wildman–Crippen MR) is 74.0 cm³/mol. The number of benzene rings is 1. The molecule has 1 rings (SSSR count). The Bertz CT molecular complexity index is 430. The van der Waals surface area contributed by atoms with Crippen LogP contribution in [0.5, 0.6) is 5.75 Å². The van der Waals surface area contributed by atoms with Gasteiger partial charge < -0.3 is 15.8 Å². The molecule has 1 aromatic carbocycles. The van der Waals surface area contributed by atoms with Gasteiger partial charge in [-0.25, -0.2) is 0 Å². The number of hydrogen-bond donors (Lipinski definition) is 2. The number of carbonyl (C=O) groups is 1. The number of rotatable bonds is 5. The maximum absolute atomic E-state index is 11.9. The van der Waals surface area contributed by atoms with E-state index in [2.05, 4.69) is 5.32 Å². The quantitative estimate of drug-likeness (QED) is 0.843. The van der Waals surface area contributed by atoms with Crippen molar-refractivity contribution in [3.63, 3.8) is 0 Å². The first kappa shape index (κ1) is 14.5. The third-order valence-corrected chi connectivity index (χ3v) is 3.00. The third-order valence-electron chi connectivity index (χ3n) is 3.00. The van der Waals surface area contributed by atoms with E-state index in [0.717, 1.165) is 29.0 Å². The van der Waals surface area contributed by atoms with Crippen LogP contribution in [-0.2, 0) is 4.79 Å². The van der Waals surface area contributed by atoms with Crippen LogP contribution < -0.4 is 15.8 Å². The number of ether oxygens (including phenoxy) is 1. The van der Waals surface area contributed by atoms with E-state index in [1.807, 2.05) is 32.9 Å². The summed E-state index contributed by atoms with van der Waals surface area (Å²) in [6, 6.07) is 3.35. The lowest BCUT2D eigenvalue weighted by molar-refractivity contribution is -0.117. The van der Waals surface area contributed by atoms with Gasteiger partial charge in [0.25, 0.3) is 0 Å². The molecule has 3 N–H and O–H groups in total. The van der Waals surface area contributed by atoms with Gasteiger partial charge in [-0.05, 0) is 31.9 Å². The smallest absolute Gasteiger partial charge is 0.241 e. The van der Waals surface area contributed by atoms with Gasteiger partial charge in [0.15, 0.2) is 0 Å². The van der Waals surface area contributed by atoms with Gasteiger partial charge in [-0.3, -0.25) is 4.79 Å². The Hall–Kier alpha value is -1.55. The Balaban J connectivity index is 2.89. The second-order valence-corrected chi connectivity index (χ2v) is 4.47. The molecule has 1 aromatic rings. The zero-order valence-electron chi connectivity index (χ0n) is 11.5. The molecule has 18 heavy (non-hydrogen) atoms. The summed E-state index contributed by atoms with van der Waals surface area (Å²) in [7, 11) is 1.63.